The molecule has 0 N–H and O–H groups in total. The van der Waals surface area contributed by atoms with Gasteiger partial charge in [-0.3, -0.25) is 4.79 Å². The summed E-state index contributed by atoms with van der Waals surface area (Å²) in [6.07, 6.45) is 0.0731. The molecule has 0 aliphatic carbocycles. The lowest BCUT2D eigenvalue weighted by molar-refractivity contribution is -0.129. The van der Waals surface area contributed by atoms with Crippen LogP contribution in [0.1, 0.15) is 24.9 Å². The molecule has 116 valence electrons. The number of halogens is 1. The number of benzene rings is 1. The van der Waals surface area contributed by atoms with E-state index < -0.39 is 21.9 Å². The topological polar surface area (TPSA) is 63.7 Å². The molecule has 1 aliphatic rings. The summed E-state index contributed by atoms with van der Waals surface area (Å²) in [5.41, 5.74) is 0.924. The van der Waals surface area contributed by atoms with Gasteiger partial charge in [0.25, 0.3) is 0 Å². The average Bonchev–Trinajstić information content (AvgIpc) is 2.76. The van der Waals surface area contributed by atoms with Crippen molar-refractivity contribution >= 4 is 16.1 Å². The van der Waals surface area contributed by atoms with Crippen LogP contribution >= 0.6 is 0 Å². The van der Waals surface area contributed by atoms with Gasteiger partial charge in [-0.15, -0.1) is 3.89 Å². The van der Waals surface area contributed by atoms with Crippen LogP contribution in [0.4, 0.5) is 3.89 Å². The number of likely N-dealkylation sites (tertiary alicyclic amines) is 1. The molecule has 1 aliphatic heterocycles. The van der Waals surface area contributed by atoms with Crippen LogP contribution in [0.5, 0.6) is 5.75 Å². The fraction of sp³-hybridized carbons (Fsp3) is 0.500. The lowest BCUT2D eigenvalue weighted by Crippen LogP contribution is -2.29. The lowest BCUT2D eigenvalue weighted by atomic mass is 10.1. The Labute approximate surface area is 123 Å². The number of carbonyl (C=O) groups excluding carboxylic acids is 1. The third-order valence-electron chi connectivity index (χ3n) is 3.74. The highest BCUT2D eigenvalue weighted by molar-refractivity contribution is 7.86. The van der Waals surface area contributed by atoms with E-state index in [9.17, 15) is 17.1 Å². The smallest absolute Gasteiger partial charge is 0.302 e. The van der Waals surface area contributed by atoms with Gasteiger partial charge in [-0.05, 0) is 24.6 Å². The van der Waals surface area contributed by atoms with Gasteiger partial charge < -0.3 is 9.64 Å². The Kier molecular flexibility index (Phi) is 4.51. The minimum absolute atomic E-state index is 0.0731. The van der Waals surface area contributed by atoms with Gasteiger partial charge in [0.15, 0.2) is 0 Å². The van der Waals surface area contributed by atoms with Crippen molar-refractivity contribution in [2.24, 2.45) is 5.92 Å². The SMILES string of the molecule is COc1ccc(C(C)N2CC(CS(=O)(=O)F)CC2=O)cc1. The molecule has 1 heterocycles. The zero-order valence-electron chi connectivity index (χ0n) is 12.0. The summed E-state index contributed by atoms with van der Waals surface area (Å²) in [5.74, 6) is -0.495. The predicted octanol–water partition coefficient (Wildman–Crippen LogP) is 1.90. The highest BCUT2D eigenvalue weighted by atomic mass is 32.3. The molecule has 0 aromatic heterocycles. The van der Waals surface area contributed by atoms with Crippen molar-refractivity contribution in [2.45, 2.75) is 19.4 Å². The van der Waals surface area contributed by atoms with Crippen LogP contribution in [-0.2, 0) is 15.0 Å². The Hall–Kier alpha value is -1.63. The standard InChI is InChI=1S/C14H18FNO4S/c1-10(12-3-5-13(20-2)6-4-12)16-8-11(7-14(16)17)9-21(15,18)19/h3-6,10-11H,7-9H2,1-2H3. The van der Waals surface area contributed by atoms with Gasteiger partial charge in [-0.2, -0.15) is 8.42 Å². The van der Waals surface area contributed by atoms with Gasteiger partial charge in [0.2, 0.25) is 5.91 Å². The Morgan fingerprint density at radius 1 is 1.38 bits per heavy atom. The highest BCUT2D eigenvalue weighted by Crippen LogP contribution is 2.30. The number of ether oxygens (including phenoxy) is 1. The molecule has 0 bridgehead atoms. The fourth-order valence-electron chi connectivity index (χ4n) is 2.64. The quantitative estimate of drug-likeness (QED) is 0.779. The van der Waals surface area contributed by atoms with E-state index >= 15 is 0 Å². The van der Waals surface area contributed by atoms with E-state index in [2.05, 4.69) is 0 Å². The number of hydrogen-bond acceptors (Lipinski definition) is 4. The molecule has 21 heavy (non-hydrogen) atoms. The monoisotopic (exact) mass is 315 g/mol. The number of nitrogens with zero attached hydrogens (tertiary/aromatic N) is 1. The maximum atomic E-state index is 12.7. The molecule has 0 spiro atoms. The maximum Gasteiger partial charge on any atom is 0.302 e. The van der Waals surface area contributed by atoms with E-state index in [4.69, 9.17) is 4.74 Å². The predicted molar refractivity (Wildman–Crippen MR) is 76.1 cm³/mol. The number of carbonyl (C=O) groups is 1. The van der Waals surface area contributed by atoms with Crippen molar-refractivity contribution in [2.75, 3.05) is 19.4 Å². The van der Waals surface area contributed by atoms with Crippen molar-refractivity contribution in [3.8, 4) is 5.75 Å². The molecule has 0 radical (unpaired) electrons. The van der Waals surface area contributed by atoms with Crippen molar-refractivity contribution < 1.29 is 21.8 Å². The van der Waals surface area contributed by atoms with Gasteiger partial charge in [0.1, 0.15) is 5.75 Å². The summed E-state index contributed by atoms with van der Waals surface area (Å²) in [7, 11) is -2.98. The van der Waals surface area contributed by atoms with Crippen LogP contribution in [0.15, 0.2) is 24.3 Å². The molecule has 1 aromatic rings. The van der Waals surface area contributed by atoms with Gasteiger partial charge in [-0.25, -0.2) is 0 Å². The highest BCUT2D eigenvalue weighted by Gasteiger charge is 2.35. The molecule has 2 atom stereocenters. The second-order valence-corrected chi connectivity index (χ2v) is 6.68. The van der Waals surface area contributed by atoms with Gasteiger partial charge in [-0.1, -0.05) is 12.1 Å². The van der Waals surface area contributed by atoms with Crippen molar-refractivity contribution in [1.29, 1.82) is 0 Å². The molecule has 1 fully saturated rings. The second-order valence-electron chi connectivity index (χ2n) is 5.27. The van der Waals surface area contributed by atoms with Crippen LogP contribution in [0, 0.1) is 5.92 Å². The second kappa shape index (κ2) is 6.01. The molecule has 1 saturated heterocycles. The summed E-state index contributed by atoms with van der Waals surface area (Å²) >= 11 is 0. The normalized spacial score (nSPS) is 20.6. The van der Waals surface area contributed by atoms with Crippen LogP contribution in [0.25, 0.3) is 0 Å². The molecular weight excluding hydrogens is 297 g/mol. The third kappa shape index (κ3) is 3.93. The summed E-state index contributed by atoms with van der Waals surface area (Å²) in [4.78, 5) is 13.6. The molecule has 0 saturated carbocycles. The van der Waals surface area contributed by atoms with Crippen LogP contribution in [0.2, 0.25) is 0 Å². The molecular formula is C14H18FNO4S. The van der Waals surface area contributed by atoms with Crippen LogP contribution in [-0.4, -0.2) is 38.6 Å². The number of methoxy groups -OCH3 is 1. The lowest BCUT2D eigenvalue weighted by Gasteiger charge is -2.25. The van der Waals surface area contributed by atoms with Crippen LogP contribution in [0.3, 0.4) is 0 Å². The maximum absolute atomic E-state index is 12.7. The Morgan fingerprint density at radius 3 is 2.52 bits per heavy atom. The molecule has 1 aromatic carbocycles. The first-order valence-electron chi connectivity index (χ1n) is 6.66. The molecule has 2 unspecified atom stereocenters. The minimum Gasteiger partial charge on any atom is -0.497 e. The number of hydrogen-bond donors (Lipinski definition) is 0. The van der Waals surface area contributed by atoms with E-state index in [1.165, 1.54) is 0 Å². The van der Waals surface area contributed by atoms with Crippen LogP contribution < -0.4 is 4.74 Å². The zero-order valence-corrected chi connectivity index (χ0v) is 12.8. The first-order valence-corrected chi connectivity index (χ1v) is 8.21. The summed E-state index contributed by atoms with van der Waals surface area (Å²) < 4.78 is 39.2. The summed E-state index contributed by atoms with van der Waals surface area (Å²) in [6.45, 7) is 2.13. The van der Waals surface area contributed by atoms with E-state index in [0.717, 1.165) is 11.3 Å². The van der Waals surface area contributed by atoms with Gasteiger partial charge >= 0.3 is 10.2 Å². The Balaban J connectivity index is 2.08. The Morgan fingerprint density at radius 2 is 2.00 bits per heavy atom. The van der Waals surface area contributed by atoms with Gasteiger partial charge in [0.05, 0.1) is 18.9 Å². The van der Waals surface area contributed by atoms with E-state index in [-0.39, 0.29) is 24.9 Å². The first kappa shape index (κ1) is 15.8. The van der Waals surface area contributed by atoms with Crippen molar-refractivity contribution in [3.05, 3.63) is 29.8 Å². The first-order chi connectivity index (χ1) is 9.80. The minimum atomic E-state index is -4.55. The number of rotatable bonds is 5. The van der Waals surface area contributed by atoms with Crippen molar-refractivity contribution in [3.63, 3.8) is 0 Å². The fourth-order valence-corrected chi connectivity index (χ4v) is 3.42. The largest absolute Gasteiger partial charge is 0.497 e. The average molecular weight is 315 g/mol. The Bertz CT molecular complexity index is 614. The molecule has 2 rings (SSSR count). The van der Waals surface area contributed by atoms with Gasteiger partial charge in [0, 0.05) is 18.9 Å². The van der Waals surface area contributed by atoms with E-state index in [1.807, 2.05) is 19.1 Å². The summed E-state index contributed by atoms with van der Waals surface area (Å²) in [5, 5.41) is 0. The van der Waals surface area contributed by atoms with E-state index in [1.54, 1.807) is 24.1 Å². The molecule has 5 nitrogen and oxygen atoms in total. The van der Waals surface area contributed by atoms with E-state index in [0.29, 0.717) is 0 Å². The number of amides is 1. The molecule has 1 amide bonds. The zero-order chi connectivity index (χ0) is 15.6. The molecule has 7 heteroatoms. The summed E-state index contributed by atoms with van der Waals surface area (Å²) in [6, 6.07) is 7.13. The third-order valence-corrected chi connectivity index (χ3v) is 4.61. The van der Waals surface area contributed by atoms with Crippen molar-refractivity contribution in [1.82, 2.24) is 4.90 Å².